The zero-order valence-corrected chi connectivity index (χ0v) is 13.3. The molecule has 1 N–H and O–H groups in total. The van der Waals surface area contributed by atoms with E-state index in [-0.39, 0.29) is 17.3 Å². The third-order valence-corrected chi connectivity index (χ3v) is 4.36. The van der Waals surface area contributed by atoms with E-state index in [1.807, 2.05) is 18.2 Å². The number of benzene rings is 2. The van der Waals surface area contributed by atoms with Crippen LogP contribution in [0.4, 0.5) is 14.5 Å². The van der Waals surface area contributed by atoms with Gasteiger partial charge >= 0.3 is 0 Å². The molecule has 24 heavy (non-hydrogen) atoms. The van der Waals surface area contributed by atoms with Gasteiger partial charge in [-0.05, 0) is 30.5 Å². The molecule has 2 aromatic rings. The summed E-state index contributed by atoms with van der Waals surface area (Å²) in [4.78, 5) is 2.35. The van der Waals surface area contributed by atoms with E-state index in [2.05, 4.69) is 22.3 Å². The maximum absolute atomic E-state index is 14.0. The van der Waals surface area contributed by atoms with E-state index in [0.717, 1.165) is 44.6 Å². The van der Waals surface area contributed by atoms with Crippen LogP contribution in [0.1, 0.15) is 24.0 Å². The second kappa shape index (κ2) is 7.41. The average Bonchev–Trinajstić information content (AvgIpc) is 2.60. The summed E-state index contributed by atoms with van der Waals surface area (Å²) in [7, 11) is 0. The number of rotatable bonds is 4. The van der Waals surface area contributed by atoms with Crippen LogP contribution in [0.3, 0.4) is 0 Å². The van der Waals surface area contributed by atoms with Gasteiger partial charge in [0.15, 0.2) is 11.6 Å². The van der Waals surface area contributed by atoms with Crippen molar-refractivity contribution in [1.29, 1.82) is 5.26 Å². The Hall–Kier alpha value is -2.45. The van der Waals surface area contributed by atoms with Crippen molar-refractivity contribution in [2.75, 3.05) is 18.4 Å². The van der Waals surface area contributed by atoms with E-state index in [1.165, 1.54) is 5.56 Å². The monoisotopic (exact) mass is 327 g/mol. The summed E-state index contributed by atoms with van der Waals surface area (Å²) in [6, 6.07) is 14.2. The van der Waals surface area contributed by atoms with Crippen LogP contribution in [0.15, 0.2) is 42.5 Å². The maximum Gasteiger partial charge on any atom is 0.150 e. The van der Waals surface area contributed by atoms with Gasteiger partial charge in [-0.15, -0.1) is 0 Å². The quantitative estimate of drug-likeness (QED) is 0.925. The lowest BCUT2D eigenvalue weighted by molar-refractivity contribution is 0.211. The summed E-state index contributed by atoms with van der Waals surface area (Å²) in [5, 5.41) is 11.7. The Morgan fingerprint density at radius 2 is 1.71 bits per heavy atom. The van der Waals surface area contributed by atoms with Crippen molar-refractivity contribution < 1.29 is 8.78 Å². The van der Waals surface area contributed by atoms with E-state index in [0.29, 0.717) is 0 Å². The molecule has 1 heterocycles. The Bertz CT molecular complexity index is 709. The van der Waals surface area contributed by atoms with Crippen molar-refractivity contribution in [3.8, 4) is 6.07 Å². The number of piperidine rings is 1. The fourth-order valence-electron chi connectivity index (χ4n) is 3.06. The Morgan fingerprint density at radius 3 is 2.29 bits per heavy atom. The summed E-state index contributed by atoms with van der Waals surface area (Å²) < 4.78 is 27.9. The summed E-state index contributed by atoms with van der Waals surface area (Å²) in [5.41, 5.74) is 1.14. The maximum atomic E-state index is 14.0. The van der Waals surface area contributed by atoms with Crippen molar-refractivity contribution in [2.45, 2.75) is 25.4 Å². The Morgan fingerprint density at radius 1 is 1.08 bits per heavy atom. The molecule has 1 fully saturated rings. The van der Waals surface area contributed by atoms with Gasteiger partial charge in [0.05, 0.1) is 11.6 Å². The zero-order valence-electron chi connectivity index (χ0n) is 13.3. The van der Waals surface area contributed by atoms with Crippen LogP contribution in [0.5, 0.6) is 0 Å². The van der Waals surface area contributed by atoms with E-state index in [9.17, 15) is 8.78 Å². The number of nitrogens with zero attached hydrogens (tertiary/aromatic N) is 2. The Balaban J connectivity index is 1.57. The van der Waals surface area contributed by atoms with Crippen molar-refractivity contribution in [3.05, 3.63) is 65.2 Å². The van der Waals surface area contributed by atoms with E-state index >= 15 is 0 Å². The highest BCUT2D eigenvalue weighted by atomic mass is 19.1. The molecular weight excluding hydrogens is 308 g/mol. The molecule has 0 aromatic heterocycles. The van der Waals surface area contributed by atoms with E-state index in [4.69, 9.17) is 5.26 Å². The zero-order chi connectivity index (χ0) is 16.9. The summed E-state index contributed by atoms with van der Waals surface area (Å²) in [6.07, 6.45) is 1.65. The molecule has 1 saturated heterocycles. The summed E-state index contributed by atoms with van der Waals surface area (Å²) in [6.45, 7) is 2.66. The number of hydrogen-bond donors (Lipinski definition) is 1. The highest BCUT2D eigenvalue weighted by molar-refractivity contribution is 5.51. The predicted molar refractivity (Wildman–Crippen MR) is 89.4 cm³/mol. The van der Waals surface area contributed by atoms with Crippen molar-refractivity contribution in [1.82, 2.24) is 4.90 Å². The molecule has 124 valence electrons. The summed E-state index contributed by atoms with van der Waals surface area (Å²) in [5.74, 6) is -1.42. The Kier molecular flexibility index (Phi) is 5.07. The van der Waals surface area contributed by atoms with Gasteiger partial charge in [0.25, 0.3) is 0 Å². The fraction of sp³-hybridized carbons (Fsp3) is 0.316. The van der Waals surface area contributed by atoms with Crippen LogP contribution in [0.25, 0.3) is 0 Å². The van der Waals surface area contributed by atoms with Gasteiger partial charge in [0.2, 0.25) is 0 Å². The topological polar surface area (TPSA) is 39.1 Å². The normalized spacial score (nSPS) is 15.9. The first-order valence-corrected chi connectivity index (χ1v) is 8.07. The molecule has 0 radical (unpaired) electrons. The third-order valence-electron chi connectivity index (χ3n) is 4.36. The fourth-order valence-corrected chi connectivity index (χ4v) is 3.06. The largest absolute Gasteiger partial charge is 0.377 e. The van der Waals surface area contributed by atoms with Gasteiger partial charge in [-0.25, -0.2) is 8.78 Å². The molecule has 0 aliphatic carbocycles. The van der Waals surface area contributed by atoms with Gasteiger partial charge < -0.3 is 5.32 Å². The predicted octanol–water partition coefficient (Wildman–Crippen LogP) is 3.91. The Labute approximate surface area is 140 Å². The minimum Gasteiger partial charge on any atom is -0.377 e. The van der Waals surface area contributed by atoms with Gasteiger partial charge in [0.1, 0.15) is 5.69 Å². The number of likely N-dealkylation sites (tertiary alicyclic amines) is 1. The smallest absolute Gasteiger partial charge is 0.150 e. The lowest BCUT2D eigenvalue weighted by Crippen LogP contribution is -2.39. The number of anilines is 1. The average molecular weight is 327 g/mol. The first-order valence-electron chi connectivity index (χ1n) is 8.07. The molecule has 0 saturated carbocycles. The third kappa shape index (κ3) is 3.90. The molecule has 1 aliphatic heterocycles. The van der Waals surface area contributed by atoms with Crippen LogP contribution in [0, 0.1) is 23.0 Å². The minimum absolute atomic E-state index is 0.00627. The second-order valence-electron chi connectivity index (χ2n) is 6.11. The SMILES string of the molecule is N#Cc1cc(F)c(NC2CCN(Cc3ccccc3)CC2)c(F)c1. The molecule has 3 rings (SSSR count). The highest BCUT2D eigenvalue weighted by Crippen LogP contribution is 2.24. The molecule has 5 heteroatoms. The van der Waals surface area contributed by atoms with Gasteiger partial charge in [-0.2, -0.15) is 5.26 Å². The highest BCUT2D eigenvalue weighted by Gasteiger charge is 2.21. The van der Waals surface area contributed by atoms with E-state index in [1.54, 1.807) is 6.07 Å². The number of nitriles is 1. The van der Waals surface area contributed by atoms with Crippen LogP contribution < -0.4 is 5.32 Å². The number of nitrogens with one attached hydrogen (secondary N) is 1. The van der Waals surface area contributed by atoms with Gasteiger partial charge in [-0.1, -0.05) is 30.3 Å². The second-order valence-corrected chi connectivity index (χ2v) is 6.11. The minimum atomic E-state index is -0.710. The molecule has 0 unspecified atom stereocenters. The van der Waals surface area contributed by atoms with Crippen molar-refractivity contribution in [2.24, 2.45) is 0 Å². The van der Waals surface area contributed by atoms with Crippen molar-refractivity contribution >= 4 is 5.69 Å². The lowest BCUT2D eigenvalue weighted by Gasteiger charge is -2.33. The number of halogens is 2. The molecule has 0 amide bonds. The van der Waals surface area contributed by atoms with Crippen molar-refractivity contribution in [3.63, 3.8) is 0 Å². The lowest BCUT2D eigenvalue weighted by atomic mass is 10.0. The molecule has 0 bridgehead atoms. The number of hydrogen-bond acceptors (Lipinski definition) is 3. The molecule has 3 nitrogen and oxygen atoms in total. The molecule has 0 spiro atoms. The molecule has 0 atom stereocenters. The van der Waals surface area contributed by atoms with Gasteiger partial charge in [0, 0.05) is 25.7 Å². The van der Waals surface area contributed by atoms with Crippen LogP contribution in [-0.4, -0.2) is 24.0 Å². The van der Waals surface area contributed by atoms with Gasteiger partial charge in [-0.3, -0.25) is 4.90 Å². The first kappa shape index (κ1) is 16.4. The molecule has 1 aliphatic rings. The van der Waals surface area contributed by atoms with Crippen LogP contribution in [0.2, 0.25) is 0 Å². The van der Waals surface area contributed by atoms with Crippen LogP contribution in [-0.2, 0) is 6.54 Å². The van der Waals surface area contributed by atoms with E-state index < -0.39 is 11.6 Å². The standard InChI is InChI=1S/C19H19F2N3/c20-17-10-15(12-22)11-18(21)19(17)23-16-6-8-24(9-7-16)13-14-4-2-1-3-5-14/h1-5,10-11,16,23H,6-9,13H2. The molecule has 2 aromatic carbocycles. The summed E-state index contributed by atoms with van der Waals surface area (Å²) >= 11 is 0. The van der Waals surface area contributed by atoms with Crippen LogP contribution >= 0.6 is 0 Å². The molecular formula is C19H19F2N3. The first-order chi connectivity index (χ1) is 11.7.